The zero-order chi connectivity index (χ0) is 20.5. The number of carbonyl (C=O) groups is 1. The predicted molar refractivity (Wildman–Crippen MR) is 106 cm³/mol. The molecule has 1 aliphatic heterocycles. The molecule has 0 aromatic heterocycles. The van der Waals surface area contributed by atoms with Crippen molar-refractivity contribution in [1.29, 1.82) is 0 Å². The molecule has 150 valence electrons. The second kappa shape index (κ2) is 7.72. The van der Waals surface area contributed by atoms with Gasteiger partial charge in [-0.2, -0.15) is 0 Å². The number of halogens is 1. The van der Waals surface area contributed by atoms with Gasteiger partial charge in [0.05, 0.1) is 17.8 Å². The van der Waals surface area contributed by atoms with E-state index in [9.17, 15) is 9.18 Å². The monoisotopic (exact) mass is 379 g/mol. The Balaban J connectivity index is 2.48. The van der Waals surface area contributed by atoms with Gasteiger partial charge >= 0.3 is 6.09 Å². The minimum atomic E-state index is -0.601. The summed E-state index contributed by atoms with van der Waals surface area (Å²) in [6.45, 7) is 9.87. The van der Waals surface area contributed by atoms with Gasteiger partial charge in [0.2, 0.25) is 0 Å². The first-order chi connectivity index (χ1) is 12.5. The third kappa shape index (κ3) is 4.32. The number of carbonyl (C=O) groups excluding carboxylic acids is 1. The molecule has 1 aromatic carbocycles. The number of piperazine rings is 1. The molecular formula is C19H30FN5O2. The third-order valence-corrected chi connectivity index (χ3v) is 4.63. The smallest absolute Gasteiger partial charge is 0.410 e. The Morgan fingerprint density at radius 2 is 2.04 bits per heavy atom. The molecule has 0 spiro atoms. The maximum atomic E-state index is 14.1. The summed E-state index contributed by atoms with van der Waals surface area (Å²) >= 11 is 0. The lowest BCUT2D eigenvalue weighted by Gasteiger charge is -2.45. The molecule has 1 saturated heterocycles. The van der Waals surface area contributed by atoms with Crippen LogP contribution in [0, 0.1) is 5.82 Å². The Bertz CT molecular complexity index is 745. The maximum Gasteiger partial charge on any atom is 0.410 e. The molecule has 2 rings (SSSR count). The van der Waals surface area contributed by atoms with E-state index >= 15 is 0 Å². The van der Waals surface area contributed by atoms with Crippen LogP contribution in [0.1, 0.15) is 51.8 Å². The summed E-state index contributed by atoms with van der Waals surface area (Å²) in [4.78, 5) is 18.4. The minimum Gasteiger partial charge on any atom is -0.444 e. The van der Waals surface area contributed by atoms with Gasteiger partial charge in [-0.1, -0.05) is 0 Å². The Hall–Kier alpha value is -2.35. The van der Waals surface area contributed by atoms with Crippen molar-refractivity contribution in [3.05, 3.63) is 23.0 Å². The van der Waals surface area contributed by atoms with Gasteiger partial charge in [-0.25, -0.2) is 9.18 Å². The molecule has 7 nitrogen and oxygen atoms in total. The van der Waals surface area contributed by atoms with E-state index in [0.29, 0.717) is 17.7 Å². The lowest BCUT2D eigenvalue weighted by atomic mass is 9.89. The van der Waals surface area contributed by atoms with Crippen LogP contribution in [0.3, 0.4) is 0 Å². The zero-order valence-corrected chi connectivity index (χ0v) is 16.8. The number of nitrogens with one attached hydrogen (secondary N) is 1. The third-order valence-electron chi connectivity index (χ3n) is 4.63. The molecule has 1 amide bonds. The van der Waals surface area contributed by atoms with Crippen molar-refractivity contribution < 1.29 is 13.9 Å². The van der Waals surface area contributed by atoms with E-state index in [-0.39, 0.29) is 29.5 Å². The standard InChI is InChI=1S/C19H30FN5O2/c1-10-8-24-17(11(2)25(10)18(26)27-19(3,4)5)15-12(9-23-6)16(22)13(20)7-14(15)21/h7,9-11,17,24H,8,21-22H2,1-6H3/t10-,11+,17?/m1/s1. The number of anilines is 2. The molecule has 1 unspecified atom stereocenters. The molecule has 3 atom stereocenters. The van der Waals surface area contributed by atoms with Crippen LogP contribution in [-0.4, -0.2) is 48.5 Å². The van der Waals surface area contributed by atoms with Crippen molar-refractivity contribution in [3.63, 3.8) is 0 Å². The molecular weight excluding hydrogens is 349 g/mol. The summed E-state index contributed by atoms with van der Waals surface area (Å²) in [5, 5.41) is 3.40. The highest BCUT2D eigenvalue weighted by Crippen LogP contribution is 2.36. The minimum absolute atomic E-state index is 0.0127. The van der Waals surface area contributed by atoms with Crippen LogP contribution < -0.4 is 16.8 Å². The van der Waals surface area contributed by atoms with E-state index in [0.717, 1.165) is 0 Å². The van der Waals surface area contributed by atoms with Crippen molar-refractivity contribution in [2.45, 2.75) is 58.3 Å². The highest BCUT2D eigenvalue weighted by Gasteiger charge is 2.40. The van der Waals surface area contributed by atoms with Gasteiger partial charge in [-0.3, -0.25) is 9.89 Å². The van der Waals surface area contributed by atoms with Gasteiger partial charge in [-0.15, -0.1) is 0 Å². The molecule has 1 aromatic rings. The second-order valence-corrected chi connectivity index (χ2v) is 7.94. The van der Waals surface area contributed by atoms with Crippen molar-refractivity contribution in [2.75, 3.05) is 25.1 Å². The number of ether oxygens (including phenoxy) is 1. The van der Waals surface area contributed by atoms with E-state index in [4.69, 9.17) is 16.2 Å². The van der Waals surface area contributed by atoms with E-state index in [1.54, 1.807) is 11.9 Å². The van der Waals surface area contributed by atoms with Gasteiger partial charge in [0.25, 0.3) is 0 Å². The van der Waals surface area contributed by atoms with Gasteiger partial charge in [0.1, 0.15) is 11.4 Å². The summed E-state index contributed by atoms with van der Waals surface area (Å²) in [6.07, 6.45) is 1.10. The largest absolute Gasteiger partial charge is 0.444 e. The maximum absolute atomic E-state index is 14.1. The quantitative estimate of drug-likeness (QED) is 0.541. The van der Waals surface area contributed by atoms with E-state index in [2.05, 4.69) is 10.3 Å². The summed E-state index contributed by atoms with van der Waals surface area (Å²) in [6, 6.07) is 0.500. The second-order valence-electron chi connectivity index (χ2n) is 7.94. The number of hydrogen-bond acceptors (Lipinski definition) is 6. The van der Waals surface area contributed by atoms with Gasteiger partial charge < -0.3 is 21.5 Å². The van der Waals surface area contributed by atoms with Crippen molar-refractivity contribution >= 4 is 23.7 Å². The van der Waals surface area contributed by atoms with Gasteiger partial charge in [0, 0.05) is 42.7 Å². The topological polar surface area (TPSA) is 106 Å². The van der Waals surface area contributed by atoms with Crippen molar-refractivity contribution in [2.24, 2.45) is 4.99 Å². The number of nitrogen functional groups attached to an aromatic ring is 2. The zero-order valence-electron chi connectivity index (χ0n) is 16.8. The van der Waals surface area contributed by atoms with Gasteiger partial charge in [0.15, 0.2) is 0 Å². The van der Waals surface area contributed by atoms with E-state index in [1.807, 2.05) is 34.6 Å². The average Bonchev–Trinajstić information content (AvgIpc) is 2.52. The van der Waals surface area contributed by atoms with Crippen LogP contribution in [0.4, 0.5) is 20.6 Å². The Labute approximate surface area is 159 Å². The Morgan fingerprint density at radius 3 is 2.59 bits per heavy atom. The molecule has 5 N–H and O–H groups in total. The first-order valence-corrected chi connectivity index (χ1v) is 9.02. The summed E-state index contributed by atoms with van der Waals surface area (Å²) < 4.78 is 19.7. The van der Waals surface area contributed by atoms with E-state index < -0.39 is 17.5 Å². The lowest BCUT2D eigenvalue weighted by Crippen LogP contribution is -2.59. The number of rotatable bonds is 2. The molecule has 0 radical (unpaired) electrons. The van der Waals surface area contributed by atoms with Crippen LogP contribution in [-0.2, 0) is 4.74 Å². The normalized spacial score (nSPS) is 23.7. The van der Waals surface area contributed by atoms with Crippen LogP contribution in [0.15, 0.2) is 11.1 Å². The van der Waals surface area contributed by atoms with Crippen LogP contribution in [0.5, 0.6) is 0 Å². The number of benzene rings is 1. The predicted octanol–water partition coefficient (Wildman–Crippen LogP) is 2.70. The fraction of sp³-hybridized carbons (Fsp3) is 0.579. The first-order valence-electron chi connectivity index (χ1n) is 9.02. The molecule has 27 heavy (non-hydrogen) atoms. The lowest BCUT2D eigenvalue weighted by molar-refractivity contribution is -0.00470. The summed E-state index contributed by atoms with van der Waals surface area (Å²) in [5.74, 6) is -0.591. The van der Waals surface area contributed by atoms with Crippen LogP contribution in [0.25, 0.3) is 0 Å². The highest BCUT2D eigenvalue weighted by molar-refractivity contribution is 5.92. The average molecular weight is 379 g/mol. The highest BCUT2D eigenvalue weighted by atomic mass is 19.1. The van der Waals surface area contributed by atoms with E-state index in [1.165, 1.54) is 12.3 Å². The number of aliphatic imine (C=N–C) groups is 1. The molecule has 8 heteroatoms. The first kappa shape index (κ1) is 21.0. The van der Waals surface area contributed by atoms with Crippen LogP contribution in [0.2, 0.25) is 0 Å². The summed E-state index contributed by atoms with van der Waals surface area (Å²) in [7, 11) is 1.58. The van der Waals surface area contributed by atoms with Crippen LogP contribution >= 0.6 is 0 Å². The molecule has 1 fully saturated rings. The fourth-order valence-electron chi connectivity index (χ4n) is 3.47. The molecule has 1 heterocycles. The molecule has 0 bridgehead atoms. The molecule has 1 aliphatic rings. The van der Waals surface area contributed by atoms with Crippen molar-refractivity contribution in [3.8, 4) is 0 Å². The fourth-order valence-corrected chi connectivity index (χ4v) is 3.47. The Kier molecular flexibility index (Phi) is 5.99. The Morgan fingerprint density at radius 1 is 1.41 bits per heavy atom. The van der Waals surface area contributed by atoms with Gasteiger partial charge in [-0.05, 0) is 40.7 Å². The number of amides is 1. The molecule has 0 saturated carbocycles. The number of hydrogen-bond donors (Lipinski definition) is 3. The SMILES string of the molecule is CN=Cc1c(N)c(F)cc(N)c1C1NC[C@@H](C)N(C(=O)OC(C)(C)C)[C@H]1C. The molecule has 0 aliphatic carbocycles. The number of nitrogens with two attached hydrogens (primary N) is 2. The number of nitrogens with zero attached hydrogens (tertiary/aromatic N) is 2. The van der Waals surface area contributed by atoms with Crippen molar-refractivity contribution in [1.82, 2.24) is 10.2 Å². The summed E-state index contributed by atoms with van der Waals surface area (Å²) in [5.41, 5.74) is 12.8.